The lowest BCUT2D eigenvalue weighted by Gasteiger charge is -2.13. The van der Waals surface area contributed by atoms with Crippen LogP contribution < -0.4 is 15.4 Å². The summed E-state index contributed by atoms with van der Waals surface area (Å²) < 4.78 is 7.45. The molecule has 0 aliphatic rings. The molecule has 0 bridgehead atoms. The molecule has 4 rings (SSSR count). The predicted molar refractivity (Wildman–Crippen MR) is 141 cm³/mol. The van der Waals surface area contributed by atoms with Crippen LogP contribution in [0.15, 0.2) is 71.9 Å². The quantitative estimate of drug-likeness (QED) is 0.307. The van der Waals surface area contributed by atoms with Crippen molar-refractivity contribution in [2.24, 2.45) is 0 Å². The highest BCUT2D eigenvalue weighted by Crippen LogP contribution is 2.26. The molecule has 0 aliphatic heterocycles. The summed E-state index contributed by atoms with van der Waals surface area (Å²) >= 11 is 1.30. The maximum atomic E-state index is 13.0. The Kier molecular flexibility index (Phi) is 7.72. The van der Waals surface area contributed by atoms with Gasteiger partial charge >= 0.3 is 0 Å². The predicted octanol–water partition coefficient (Wildman–Crippen LogP) is 5.42. The summed E-state index contributed by atoms with van der Waals surface area (Å²) in [4.78, 5) is 30.2. The smallest absolute Gasteiger partial charge is 0.244 e. The van der Waals surface area contributed by atoms with Crippen LogP contribution >= 0.6 is 11.8 Å². The van der Waals surface area contributed by atoms with Crippen molar-refractivity contribution >= 4 is 46.0 Å². The fourth-order valence-electron chi connectivity index (χ4n) is 3.65. The number of aromatic nitrogens is 2. The summed E-state index contributed by atoms with van der Waals surface area (Å²) in [6, 6.07) is 20.8. The number of nitrogens with one attached hydrogen (secondary N) is 2. The average molecular weight is 489 g/mol. The second-order valence-corrected chi connectivity index (χ2v) is 9.02. The molecule has 1 aromatic heterocycles. The molecule has 7 nitrogen and oxygen atoms in total. The van der Waals surface area contributed by atoms with Crippen molar-refractivity contribution in [2.45, 2.75) is 32.5 Å². The van der Waals surface area contributed by atoms with E-state index in [1.807, 2.05) is 92.1 Å². The van der Waals surface area contributed by atoms with E-state index in [1.165, 1.54) is 17.3 Å². The van der Waals surface area contributed by atoms with E-state index in [0.717, 1.165) is 22.3 Å². The largest absolute Gasteiger partial charge is 0.492 e. The number of carbonyl (C=O) groups is 2. The van der Waals surface area contributed by atoms with Crippen molar-refractivity contribution < 1.29 is 14.3 Å². The van der Waals surface area contributed by atoms with Gasteiger partial charge in [-0.3, -0.25) is 9.59 Å². The number of thioether (sulfide) groups is 1. The molecular weight excluding hydrogens is 460 g/mol. The SMILES string of the molecule is CCOc1ccccc1NC(=O)Cn1c(SCC(=O)Nc2ccc(C)c(C)c2)nc2ccccc21. The maximum Gasteiger partial charge on any atom is 0.244 e. The fraction of sp³-hybridized carbons (Fsp3) is 0.222. The molecular formula is C27H28N4O3S. The lowest BCUT2D eigenvalue weighted by Crippen LogP contribution is -2.20. The molecule has 3 aromatic carbocycles. The molecule has 8 heteroatoms. The van der Waals surface area contributed by atoms with Gasteiger partial charge in [0.15, 0.2) is 5.16 Å². The Morgan fingerprint density at radius 3 is 2.51 bits per heavy atom. The van der Waals surface area contributed by atoms with Gasteiger partial charge in [-0.25, -0.2) is 4.98 Å². The second-order valence-electron chi connectivity index (χ2n) is 8.08. The number of rotatable bonds is 9. The van der Waals surface area contributed by atoms with Crippen molar-refractivity contribution in [3.05, 3.63) is 77.9 Å². The Hall–Kier alpha value is -3.78. The van der Waals surface area contributed by atoms with E-state index in [1.54, 1.807) is 0 Å². The van der Waals surface area contributed by atoms with Gasteiger partial charge in [-0.2, -0.15) is 0 Å². The number of hydrogen-bond acceptors (Lipinski definition) is 5. The van der Waals surface area contributed by atoms with Crippen molar-refractivity contribution in [3.63, 3.8) is 0 Å². The molecule has 0 saturated carbocycles. The number of hydrogen-bond donors (Lipinski definition) is 2. The number of para-hydroxylation sites is 4. The van der Waals surface area contributed by atoms with Crippen LogP contribution in [0, 0.1) is 13.8 Å². The first-order valence-corrected chi connectivity index (χ1v) is 12.4. The van der Waals surface area contributed by atoms with Gasteiger partial charge in [-0.1, -0.05) is 42.1 Å². The minimum atomic E-state index is -0.207. The van der Waals surface area contributed by atoms with Crippen molar-refractivity contribution in [1.29, 1.82) is 0 Å². The van der Waals surface area contributed by atoms with Gasteiger partial charge in [-0.15, -0.1) is 0 Å². The number of anilines is 2. The molecule has 0 radical (unpaired) electrons. The van der Waals surface area contributed by atoms with Crippen molar-refractivity contribution in [3.8, 4) is 5.75 Å². The summed E-state index contributed by atoms with van der Waals surface area (Å²) in [5.41, 5.74) is 5.28. The van der Waals surface area contributed by atoms with Gasteiger partial charge in [0.25, 0.3) is 0 Å². The van der Waals surface area contributed by atoms with Gasteiger partial charge in [0.1, 0.15) is 12.3 Å². The monoisotopic (exact) mass is 488 g/mol. The van der Waals surface area contributed by atoms with Crippen LogP contribution in [-0.4, -0.2) is 33.7 Å². The lowest BCUT2D eigenvalue weighted by atomic mass is 10.1. The standard InChI is InChI=1S/C27H28N4O3S/c1-4-34-24-12-8-6-10-22(24)29-25(32)16-31-23-11-7-5-9-21(23)30-27(31)35-17-26(33)28-20-14-13-18(2)19(3)15-20/h5-15H,4,16-17H2,1-3H3,(H,28,33)(H,29,32). The fourth-order valence-corrected chi connectivity index (χ4v) is 4.46. The Morgan fingerprint density at radius 1 is 0.943 bits per heavy atom. The first-order valence-electron chi connectivity index (χ1n) is 11.4. The molecule has 0 spiro atoms. The normalized spacial score (nSPS) is 10.8. The second kappa shape index (κ2) is 11.1. The molecule has 0 fully saturated rings. The van der Waals surface area contributed by atoms with Crippen LogP contribution in [0.5, 0.6) is 5.75 Å². The Labute approximate surface area is 208 Å². The molecule has 180 valence electrons. The molecule has 2 amide bonds. The zero-order valence-corrected chi connectivity index (χ0v) is 20.8. The first-order chi connectivity index (χ1) is 16.9. The van der Waals surface area contributed by atoms with E-state index in [0.29, 0.717) is 23.2 Å². The summed E-state index contributed by atoms with van der Waals surface area (Å²) in [6.07, 6.45) is 0. The van der Waals surface area contributed by atoms with E-state index >= 15 is 0 Å². The maximum absolute atomic E-state index is 13.0. The highest BCUT2D eigenvalue weighted by molar-refractivity contribution is 7.99. The number of nitrogens with zero attached hydrogens (tertiary/aromatic N) is 2. The Bertz CT molecular complexity index is 1370. The molecule has 2 N–H and O–H groups in total. The third-order valence-corrected chi connectivity index (χ3v) is 6.48. The number of fused-ring (bicyclic) bond motifs is 1. The molecule has 0 saturated heterocycles. The van der Waals surface area contributed by atoms with Crippen LogP contribution in [0.1, 0.15) is 18.1 Å². The minimum Gasteiger partial charge on any atom is -0.492 e. The van der Waals surface area contributed by atoms with Crippen molar-refractivity contribution in [1.82, 2.24) is 9.55 Å². The molecule has 1 heterocycles. The Balaban J connectivity index is 1.48. The number of carbonyl (C=O) groups excluding carboxylic acids is 2. The third kappa shape index (κ3) is 6.02. The van der Waals surface area contributed by atoms with Crippen LogP contribution in [0.4, 0.5) is 11.4 Å². The van der Waals surface area contributed by atoms with Crippen LogP contribution in [0.25, 0.3) is 11.0 Å². The van der Waals surface area contributed by atoms with Gasteiger partial charge in [0, 0.05) is 5.69 Å². The van der Waals surface area contributed by atoms with Crippen LogP contribution in [0.3, 0.4) is 0 Å². The number of amides is 2. The molecule has 35 heavy (non-hydrogen) atoms. The summed E-state index contributed by atoms with van der Waals surface area (Å²) in [7, 11) is 0. The molecule has 0 aliphatic carbocycles. The van der Waals surface area contributed by atoms with E-state index in [-0.39, 0.29) is 24.1 Å². The summed E-state index contributed by atoms with van der Waals surface area (Å²) in [6.45, 7) is 6.51. The highest BCUT2D eigenvalue weighted by atomic mass is 32.2. The third-order valence-electron chi connectivity index (χ3n) is 5.51. The van der Waals surface area contributed by atoms with E-state index in [4.69, 9.17) is 4.74 Å². The average Bonchev–Trinajstić information content (AvgIpc) is 3.19. The zero-order chi connectivity index (χ0) is 24.8. The van der Waals surface area contributed by atoms with Gasteiger partial charge < -0.3 is 19.9 Å². The van der Waals surface area contributed by atoms with Gasteiger partial charge in [0.05, 0.1) is 29.1 Å². The Morgan fingerprint density at radius 2 is 1.71 bits per heavy atom. The summed E-state index contributed by atoms with van der Waals surface area (Å²) in [5, 5.41) is 6.47. The molecule has 4 aromatic rings. The van der Waals surface area contributed by atoms with Crippen LogP contribution in [0.2, 0.25) is 0 Å². The molecule has 0 unspecified atom stereocenters. The zero-order valence-electron chi connectivity index (χ0n) is 20.0. The number of imidazole rings is 1. The minimum absolute atomic E-state index is 0.0576. The first kappa shape index (κ1) is 24.3. The highest BCUT2D eigenvalue weighted by Gasteiger charge is 2.17. The van der Waals surface area contributed by atoms with E-state index in [9.17, 15) is 9.59 Å². The topological polar surface area (TPSA) is 85.2 Å². The molecule has 0 atom stereocenters. The number of ether oxygens (including phenoxy) is 1. The van der Waals surface area contributed by atoms with Gasteiger partial charge in [0.2, 0.25) is 11.8 Å². The number of aryl methyl sites for hydroxylation is 2. The van der Waals surface area contributed by atoms with Gasteiger partial charge in [-0.05, 0) is 68.3 Å². The van der Waals surface area contributed by atoms with E-state index < -0.39 is 0 Å². The lowest BCUT2D eigenvalue weighted by molar-refractivity contribution is -0.117. The van der Waals surface area contributed by atoms with Crippen molar-refractivity contribution in [2.75, 3.05) is 23.0 Å². The van der Waals surface area contributed by atoms with E-state index in [2.05, 4.69) is 15.6 Å². The number of benzene rings is 3. The summed E-state index contributed by atoms with van der Waals surface area (Å²) in [5.74, 6) is 0.454. The van der Waals surface area contributed by atoms with Crippen LogP contribution in [-0.2, 0) is 16.1 Å².